The van der Waals surface area contributed by atoms with Gasteiger partial charge in [0.15, 0.2) is 0 Å². The molecule has 0 amide bonds. The Hall–Kier alpha value is -0.530. The molecular weight excluding hydrogens is 262 g/mol. The maximum atomic E-state index is 12.4. The van der Waals surface area contributed by atoms with Crippen molar-refractivity contribution in [2.75, 3.05) is 0 Å². The Kier molecular flexibility index (Phi) is 1.78. The maximum absolute atomic E-state index is 12.4. The summed E-state index contributed by atoms with van der Waals surface area (Å²) >= 11 is 0. The number of imidazole rings is 1. The van der Waals surface area contributed by atoms with Crippen molar-refractivity contribution in [1.29, 1.82) is 7.16 Å². The summed E-state index contributed by atoms with van der Waals surface area (Å²) in [7, 11) is -10.7. The van der Waals surface area contributed by atoms with Crippen LogP contribution in [-0.4, -0.2) is 46.5 Å². The molecule has 92 valence electrons. The zero-order chi connectivity index (χ0) is 17.0. The highest BCUT2D eigenvalue weighted by atomic mass is 31.2. The van der Waals surface area contributed by atoms with Crippen molar-refractivity contribution in [3.05, 3.63) is 18.7 Å². The molecule has 0 aromatic carbocycles. The van der Waals surface area contributed by atoms with Gasteiger partial charge in [0.2, 0.25) is 7.16 Å². The highest BCUT2D eigenvalue weighted by Gasteiger charge is 2.59. The lowest BCUT2D eigenvalue weighted by atomic mass is 10.6. The van der Waals surface area contributed by atoms with E-state index in [0.29, 0.717) is 0 Å². The van der Waals surface area contributed by atoms with Crippen LogP contribution in [0.2, 0.25) is 0 Å². The van der Waals surface area contributed by atoms with E-state index in [1.54, 1.807) is 0 Å². The smallest absolute Gasteiger partial charge is 0.366 e. The monoisotopic (exact) mass is 278 g/mol. The van der Waals surface area contributed by atoms with Gasteiger partial charge < -0.3 is 29.3 Å². The molecule has 1 heterocycles. The first-order valence-electron chi connectivity index (χ1n) is 6.28. The van der Waals surface area contributed by atoms with Gasteiger partial charge >= 0.3 is 15.2 Å². The Morgan fingerprint density at radius 3 is 2.38 bits per heavy atom. The number of nitrogens with zero attached hydrogens (tertiary/aromatic N) is 2. The van der Waals surface area contributed by atoms with Crippen LogP contribution in [0, 0.1) is 0 Å². The maximum Gasteiger partial charge on any atom is 0.371 e. The van der Waals surface area contributed by atoms with E-state index in [9.17, 15) is 9.13 Å². The number of hydrogen-bond donors (Lipinski definition) is 5. The van der Waals surface area contributed by atoms with E-state index in [1.165, 1.54) is 0 Å². The minimum atomic E-state index is -5.34. The Balaban J connectivity index is 3.69. The molecule has 0 fully saturated rings. The molecule has 1 aromatic rings. The summed E-state index contributed by atoms with van der Waals surface area (Å²) < 4.78 is 67.4. The number of aromatic nitrogens is 2. The Morgan fingerprint density at radius 2 is 2.00 bits per heavy atom. The molecule has 0 aliphatic rings. The van der Waals surface area contributed by atoms with Gasteiger partial charge in [0.05, 0.1) is 14.2 Å². The van der Waals surface area contributed by atoms with Gasteiger partial charge in [0, 0.05) is 12.4 Å². The normalized spacial score (nSPS) is 21.0. The van der Waals surface area contributed by atoms with Crippen LogP contribution in [0.3, 0.4) is 0 Å². The van der Waals surface area contributed by atoms with Crippen LogP contribution in [0.4, 0.5) is 0 Å². The highest BCUT2D eigenvalue weighted by Crippen LogP contribution is 2.67. The lowest BCUT2D eigenvalue weighted by molar-refractivity contribution is 0.115. The van der Waals surface area contributed by atoms with Crippen molar-refractivity contribution in [3.63, 3.8) is 0 Å². The molecule has 0 aliphatic carbocycles. The largest absolute Gasteiger partial charge is 0.371 e. The molecule has 1 atom stereocenters. The van der Waals surface area contributed by atoms with Crippen molar-refractivity contribution >= 4 is 15.2 Å². The summed E-state index contributed by atoms with van der Waals surface area (Å²) in [4.78, 5) is 18.4. The van der Waals surface area contributed by atoms with Crippen LogP contribution in [0.25, 0.3) is 0 Å². The minimum absolute atomic E-state index is 0.768. The van der Waals surface area contributed by atoms with Gasteiger partial charge in [0.25, 0.3) is 5.08 Å². The second-order valence-corrected chi connectivity index (χ2v) is 6.46. The average molecular weight is 278 g/mol. The topological polar surface area (TPSA) is 153 Å². The molecule has 0 saturated heterocycles. The van der Waals surface area contributed by atoms with E-state index in [2.05, 4.69) is 29.7 Å². The third kappa shape index (κ3) is 2.41. The second kappa shape index (κ2) is 4.05. The molecule has 1 aromatic heterocycles. The first kappa shape index (κ1) is 7.03. The van der Waals surface area contributed by atoms with Gasteiger partial charge in [-0.2, -0.15) is 0 Å². The fraction of sp³-hybridized carbons (Fsp3) is 0.400. The summed E-state index contributed by atoms with van der Waals surface area (Å²) in [5.41, 5.74) is 0. The molecular formula is C5H10N2O7P2. The van der Waals surface area contributed by atoms with Crippen LogP contribution in [0.1, 0.15) is 1.37 Å². The first-order chi connectivity index (χ1) is 10.3. The molecule has 9 nitrogen and oxygen atoms in total. The molecule has 11 heteroatoms. The summed E-state index contributed by atoms with van der Waals surface area (Å²) in [6.45, 7) is -2.21. The van der Waals surface area contributed by atoms with Crippen molar-refractivity contribution in [2.45, 2.75) is 11.6 Å². The first-order valence-corrected chi connectivity index (χ1v) is 6.75. The molecule has 0 radical (unpaired) electrons. The van der Waals surface area contributed by atoms with E-state index < -0.39 is 26.8 Å². The van der Waals surface area contributed by atoms with Crippen molar-refractivity contribution < 1.29 is 35.2 Å². The Bertz CT molecular complexity index is 532. The lowest BCUT2D eigenvalue weighted by Gasteiger charge is -2.29. The molecule has 0 saturated carbocycles. The van der Waals surface area contributed by atoms with E-state index >= 15 is 0 Å². The zero-order valence-electron chi connectivity index (χ0n) is 13.5. The van der Waals surface area contributed by atoms with Crippen molar-refractivity contribution in [3.8, 4) is 0 Å². The van der Waals surface area contributed by atoms with E-state index in [1.807, 2.05) is 0 Å². The molecule has 0 aliphatic heterocycles. The second-order valence-electron chi connectivity index (χ2n) is 2.79. The highest BCUT2D eigenvalue weighted by molar-refractivity contribution is 7.72. The van der Waals surface area contributed by atoms with Crippen LogP contribution in [0.15, 0.2) is 18.7 Å². The minimum Gasteiger partial charge on any atom is -0.366 e. The predicted octanol–water partition coefficient (Wildman–Crippen LogP) is -1.12. The predicted molar refractivity (Wildman–Crippen MR) is 51.3 cm³/mol. The molecule has 0 bridgehead atoms. The standard InChI is InChI=1S/C5H10N2O7P2/c8-5(15(9,10)11,16(12,13)14)3-7-2-1-6-4-7/h1-2,4,8H,3H2,(H2,9,10,11)(H2,12,13,14)/i3D,8D/hD4. The van der Waals surface area contributed by atoms with Crippen LogP contribution in [0.5, 0.6) is 0 Å². The number of hydrogen-bond acceptors (Lipinski definition) is 8. The number of rotatable bonds is 9. The SMILES string of the molecule is [2H]OC(C([2H])n1ccnc1)(P(=O)(O[2H])O[2H])P(=O)(O[2H])O[2H]. The molecule has 1 rings (SSSR count). The van der Waals surface area contributed by atoms with Gasteiger partial charge in [-0.1, -0.05) is 0 Å². The van der Waals surface area contributed by atoms with Gasteiger partial charge in [-0.05, 0) is 0 Å². The van der Waals surface area contributed by atoms with Crippen LogP contribution >= 0.6 is 15.2 Å². The summed E-state index contributed by atoms with van der Waals surface area (Å²) in [5, 5.41) is 0.588. The van der Waals surface area contributed by atoms with Crippen molar-refractivity contribution in [2.24, 2.45) is 0 Å². The van der Waals surface area contributed by atoms with Gasteiger partial charge in [-0.3, -0.25) is 9.13 Å². The van der Waals surface area contributed by atoms with Gasteiger partial charge in [-0.15, -0.1) is 0 Å². The Morgan fingerprint density at radius 1 is 1.38 bits per heavy atom. The fourth-order valence-corrected chi connectivity index (χ4v) is 2.58. The van der Waals surface area contributed by atoms with Gasteiger partial charge in [-0.25, -0.2) is 4.98 Å². The summed E-state index contributed by atoms with van der Waals surface area (Å²) in [5.74, 6) is 0. The third-order valence-electron chi connectivity index (χ3n) is 1.63. The number of aliphatic hydroxyl groups is 1. The van der Waals surface area contributed by atoms with Crippen molar-refractivity contribution in [1.82, 2.24) is 9.55 Å². The quantitative estimate of drug-likeness (QED) is 0.356. The lowest BCUT2D eigenvalue weighted by Crippen LogP contribution is -2.33. The molecule has 0 spiro atoms. The zero-order valence-corrected chi connectivity index (χ0v) is 9.24. The van der Waals surface area contributed by atoms with E-state index in [4.69, 9.17) is 8.53 Å². The third-order valence-corrected chi connectivity index (χ3v) is 4.90. The van der Waals surface area contributed by atoms with Crippen LogP contribution < -0.4 is 0 Å². The molecule has 16 heavy (non-hydrogen) atoms. The summed E-state index contributed by atoms with van der Waals surface area (Å²) in [6.07, 6.45) is 3.18. The van der Waals surface area contributed by atoms with E-state index in [-0.39, 0.29) is 0 Å². The molecule has 5 N–H and O–H groups in total. The molecule has 1 unspecified atom stereocenters. The van der Waals surface area contributed by atoms with E-state index in [0.717, 1.165) is 23.3 Å². The van der Waals surface area contributed by atoms with Gasteiger partial charge in [0.1, 0.15) is 0 Å². The fourth-order valence-electron chi connectivity index (χ4n) is 0.831. The Labute approximate surface area is 98.6 Å². The van der Waals surface area contributed by atoms with Crippen LogP contribution in [-0.2, 0) is 15.7 Å². The average Bonchev–Trinajstić information content (AvgIpc) is 3.09. The summed E-state index contributed by atoms with van der Waals surface area (Å²) in [6, 6.07) is 0.